The molecule has 0 aromatic heterocycles. The lowest BCUT2D eigenvalue weighted by Gasteiger charge is -2.40. The Kier molecular flexibility index (Phi) is 2.69. The monoisotopic (exact) mass is 206 g/mol. The van der Waals surface area contributed by atoms with Gasteiger partial charge < -0.3 is 0 Å². The largest absolute Gasteiger partial charge is 0.175 e. The standard InChI is InChI=1S/C8H14S3/c9-5-1-3-7-6(10)2-4-8(5)11-7/h5-10H,1-4H2. The number of fused-ring (bicyclic) bond motifs is 2. The van der Waals surface area contributed by atoms with Crippen LogP contribution in [0.15, 0.2) is 0 Å². The van der Waals surface area contributed by atoms with Gasteiger partial charge in [-0.3, -0.25) is 0 Å². The first-order valence-electron chi connectivity index (χ1n) is 4.29. The Balaban J connectivity index is 2.02. The molecule has 0 aromatic rings. The van der Waals surface area contributed by atoms with E-state index in [9.17, 15) is 0 Å². The molecule has 0 radical (unpaired) electrons. The predicted molar refractivity (Wildman–Crippen MR) is 59.2 cm³/mol. The highest BCUT2D eigenvalue weighted by Gasteiger charge is 2.36. The number of hydrogen-bond donors (Lipinski definition) is 2. The average Bonchev–Trinajstić information content (AvgIpc) is 2.02. The lowest BCUT2D eigenvalue weighted by atomic mass is 9.98. The summed E-state index contributed by atoms with van der Waals surface area (Å²) in [7, 11) is 0. The van der Waals surface area contributed by atoms with E-state index in [0.717, 1.165) is 10.5 Å². The minimum atomic E-state index is 0.664. The van der Waals surface area contributed by atoms with Crippen LogP contribution in [0.25, 0.3) is 0 Å². The van der Waals surface area contributed by atoms with Crippen LogP contribution in [0.3, 0.4) is 0 Å². The van der Waals surface area contributed by atoms with Crippen molar-refractivity contribution < 1.29 is 0 Å². The molecular weight excluding hydrogens is 192 g/mol. The molecule has 0 saturated carbocycles. The van der Waals surface area contributed by atoms with Crippen molar-refractivity contribution in [1.82, 2.24) is 0 Å². The maximum absolute atomic E-state index is 4.59. The lowest BCUT2D eigenvalue weighted by molar-refractivity contribution is 0.511. The van der Waals surface area contributed by atoms with E-state index in [0.29, 0.717) is 10.5 Å². The molecule has 0 aliphatic carbocycles. The van der Waals surface area contributed by atoms with Crippen LogP contribution >= 0.6 is 37.0 Å². The minimum Gasteiger partial charge on any atom is -0.175 e. The molecule has 2 aliphatic rings. The highest BCUT2D eigenvalue weighted by atomic mass is 32.2. The molecule has 2 saturated heterocycles. The molecule has 0 amide bonds. The first-order valence-corrected chi connectivity index (χ1v) is 6.26. The summed E-state index contributed by atoms with van der Waals surface area (Å²) in [5.41, 5.74) is 0. The van der Waals surface area contributed by atoms with E-state index in [4.69, 9.17) is 0 Å². The fourth-order valence-electron chi connectivity index (χ4n) is 1.97. The molecule has 0 aromatic carbocycles. The van der Waals surface area contributed by atoms with E-state index in [1.165, 1.54) is 25.7 Å². The summed E-state index contributed by atoms with van der Waals surface area (Å²) in [4.78, 5) is 0. The number of thioether (sulfide) groups is 1. The van der Waals surface area contributed by atoms with Crippen LogP contribution in [0.2, 0.25) is 0 Å². The highest BCUT2D eigenvalue weighted by Crippen LogP contribution is 2.44. The fraction of sp³-hybridized carbons (Fsp3) is 1.00. The van der Waals surface area contributed by atoms with Crippen LogP contribution in [0.4, 0.5) is 0 Å². The third-order valence-corrected chi connectivity index (χ3v) is 6.17. The summed E-state index contributed by atoms with van der Waals surface area (Å²) in [6.07, 6.45) is 5.29. The number of thiol groups is 2. The van der Waals surface area contributed by atoms with Crippen LogP contribution in [0, 0.1) is 0 Å². The Labute approximate surface area is 83.7 Å². The average molecular weight is 206 g/mol. The Bertz CT molecular complexity index is 132. The molecule has 0 nitrogen and oxygen atoms in total. The Morgan fingerprint density at radius 2 is 1.27 bits per heavy atom. The van der Waals surface area contributed by atoms with Gasteiger partial charge in [-0.1, -0.05) is 0 Å². The summed E-state index contributed by atoms with van der Waals surface area (Å²) >= 11 is 11.3. The fourth-order valence-corrected chi connectivity index (χ4v) is 4.61. The summed E-state index contributed by atoms with van der Waals surface area (Å²) in [6.45, 7) is 0. The van der Waals surface area contributed by atoms with Crippen molar-refractivity contribution in [2.45, 2.75) is 46.7 Å². The maximum atomic E-state index is 4.59. The van der Waals surface area contributed by atoms with Crippen LogP contribution in [0.5, 0.6) is 0 Å². The Morgan fingerprint density at radius 3 is 1.73 bits per heavy atom. The van der Waals surface area contributed by atoms with Crippen LogP contribution in [-0.4, -0.2) is 21.0 Å². The van der Waals surface area contributed by atoms with Crippen LogP contribution in [0.1, 0.15) is 25.7 Å². The molecule has 2 bridgehead atoms. The van der Waals surface area contributed by atoms with Gasteiger partial charge in [0.25, 0.3) is 0 Å². The molecule has 4 atom stereocenters. The smallest absolute Gasteiger partial charge is 0.0167 e. The van der Waals surface area contributed by atoms with Crippen LogP contribution in [-0.2, 0) is 0 Å². The van der Waals surface area contributed by atoms with E-state index in [2.05, 4.69) is 37.0 Å². The van der Waals surface area contributed by atoms with Crippen molar-refractivity contribution in [2.24, 2.45) is 0 Å². The van der Waals surface area contributed by atoms with E-state index in [1.807, 2.05) is 0 Å². The third-order valence-electron chi connectivity index (χ3n) is 2.70. The van der Waals surface area contributed by atoms with Gasteiger partial charge in [-0.25, -0.2) is 0 Å². The van der Waals surface area contributed by atoms with Gasteiger partial charge >= 0.3 is 0 Å². The molecule has 2 heterocycles. The molecule has 4 unspecified atom stereocenters. The summed E-state index contributed by atoms with van der Waals surface area (Å²) in [5, 5.41) is 3.00. The van der Waals surface area contributed by atoms with E-state index in [-0.39, 0.29) is 0 Å². The predicted octanol–water partition coefficient (Wildman–Crippen LogP) is 2.64. The molecule has 11 heavy (non-hydrogen) atoms. The van der Waals surface area contributed by atoms with Crippen molar-refractivity contribution in [3.8, 4) is 0 Å². The van der Waals surface area contributed by atoms with Gasteiger partial charge in [-0.05, 0) is 25.7 Å². The van der Waals surface area contributed by atoms with Gasteiger partial charge in [0.2, 0.25) is 0 Å². The zero-order chi connectivity index (χ0) is 7.84. The second-order valence-corrected chi connectivity index (χ2v) is 6.31. The molecule has 0 spiro atoms. The number of hydrogen-bond acceptors (Lipinski definition) is 3. The second kappa shape index (κ2) is 3.43. The molecule has 2 rings (SSSR count). The minimum absolute atomic E-state index is 0.664. The zero-order valence-electron chi connectivity index (χ0n) is 6.44. The quantitative estimate of drug-likeness (QED) is 0.575. The van der Waals surface area contributed by atoms with Gasteiger partial charge in [-0.15, -0.1) is 0 Å². The Morgan fingerprint density at radius 1 is 0.818 bits per heavy atom. The van der Waals surface area contributed by atoms with Gasteiger partial charge in [-0.2, -0.15) is 37.0 Å². The van der Waals surface area contributed by atoms with Crippen molar-refractivity contribution in [1.29, 1.82) is 0 Å². The second-order valence-electron chi connectivity index (χ2n) is 3.50. The van der Waals surface area contributed by atoms with Crippen LogP contribution < -0.4 is 0 Å². The Hall–Kier alpha value is 1.05. The summed E-state index contributed by atoms with van der Waals surface area (Å²) in [5.74, 6) is 0. The zero-order valence-corrected chi connectivity index (χ0v) is 9.05. The van der Waals surface area contributed by atoms with Gasteiger partial charge in [0, 0.05) is 21.0 Å². The molecule has 2 fully saturated rings. The normalized spacial score (nSPS) is 50.7. The molecular formula is C8H14S3. The SMILES string of the molecule is SC1CCC2SC1CCC2S. The van der Waals surface area contributed by atoms with Gasteiger partial charge in [0.05, 0.1) is 0 Å². The van der Waals surface area contributed by atoms with Crippen molar-refractivity contribution in [2.75, 3.05) is 0 Å². The van der Waals surface area contributed by atoms with Crippen molar-refractivity contribution in [3.63, 3.8) is 0 Å². The topological polar surface area (TPSA) is 0 Å². The number of rotatable bonds is 0. The first-order chi connectivity index (χ1) is 5.27. The van der Waals surface area contributed by atoms with E-state index >= 15 is 0 Å². The van der Waals surface area contributed by atoms with Crippen molar-refractivity contribution in [3.05, 3.63) is 0 Å². The maximum Gasteiger partial charge on any atom is 0.0167 e. The first kappa shape index (κ1) is 8.64. The highest BCUT2D eigenvalue weighted by molar-refractivity contribution is 8.02. The summed E-state index contributed by atoms with van der Waals surface area (Å²) in [6, 6.07) is 0. The third kappa shape index (κ3) is 1.70. The lowest BCUT2D eigenvalue weighted by Crippen LogP contribution is -2.37. The van der Waals surface area contributed by atoms with Gasteiger partial charge in [0.15, 0.2) is 0 Å². The molecule has 64 valence electrons. The van der Waals surface area contributed by atoms with Gasteiger partial charge in [0.1, 0.15) is 0 Å². The molecule has 0 N–H and O–H groups in total. The van der Waals surface area contributed by atoms with E-state index < -0.39 is 0 Å². The molecule has 2 aliphatic heterocycles. The van der Waals surface area contributed by atoms with E-state index in [1.54, 1.807) is 0 Å². The van der Waals surface area contributed by atoms with Crippen molar-refractivity contribution >= 4 is 37.0 Å². The molecule has 3 heteroatoms. The summed E-state index contributed by atoms with van der Waals surface area (Å²) < 4.78 is 0.